The van der Waals surface area contributed by atoms with Gasteiger partial charge in [-0.15, -0.1) is 0 Å². The second-order valence-electron chi connectivity index (χ2n) is 3.73. The fraction of sp³-hybridized carbons (Fsp3) is 0. The van der Waals surface area contributed by atoms with Crippen LogP contribution < -0.4 is 5.32 Å². The van der Waals surface area contributed by atoms with Crippen LogP contribution in [0.15, 0.2) is 36.7 Å². The average Bonchev–Trinajstić information content (AvgIpc) is 2.38. The SMILES string of the molecule is O=C(Nc1cc(F)ccc1[N+](=O)[O-])c1ccncc1F. The quantitative estimate of drug-likeness (QED) is 0.691. The van der Waals surface area contributed by atoms with Crippen LogP contribution in [-0.4, -0.2) is 15.8 Å². The van der Waals surface area contributed by atoms with Crippen molar-refractivity contribution in [2.75, 3.05) is 5.32 Å². The molecular weight excluding hydrogens is 272 g/mol. The van der Waals surface area contributed by atoms with Crippen molar-refractivity contribution in [1.29, 1.82) is 0 Å². The summed E-state index contributed by atoms with van der Waals surface area (Å²) >= 11 is 0. The minimum Gasteiger partial charge on any atom is -0.316 e. The number of hydrogen-bond donors (Lipinski definition) is 1. The summed E-state index contributed by atoms with van der Waals surface area (Å²) in [6.45, 7) is 0. The summed E-state index contributed by atoms with van der Waals surface area (Å²) in [4.78, 5) is 25.3. The molecule has 1 aromatic carbocycles. The van der Waals surface area contributed by atoms with E-state index in [0.29, 0.717) is 0 Å². The van der Waals surface area contributed by atoms with Crippen LogP contribution in [-0.2, 0) is 0 Å². The number of halogens is 2. The van der Waals surface area contributed by atoms with Crippen molar-refractivity contribution < 1.29 is 18.5 Å². The maximum absolute atomic E-state index is 13.3. The average molecular weight is 279 g/mol. The van der Waals surface area contributed by atoms with Gasteiger partial charge in [-0.1, -0.05) is 0 Å². The molecule has 0 saturated carbocycles. The van der Waals surface area contributed by atoms with Gasteiger partial charge in [0.05, 0.1) is 16.7 Å². The van der Waals surface area contributed by atoms with Crippen molar-refractivity contribution in [2.45, 2.75) is 0 Å². The van der Waals surface area contributed by atoms with Gasteiger partial charge in [-0.05, 0) is 12.1 Å². The number of carbonyl (C=O) groups is 1. The predicted octanol–water partition coefficient (Wildman–Crippen LogP) is 2.52. The van der Waals surface area contributed by atoms with Gasteiger partial charge in [0.2, 0.25) is 0 Å². The summed E-state index contributed by atoms with van der Waals surface area (Å²) in [7, 11) is 0. The van der Waals surface area contributed by atoms with Gasteiger partial charge in [0.15, 0.2) is 5.82 Å². The lowest BCUT2D eigenvalue weighted by molar-refractivity contribution is -0.384. The summed E-state index contributed by atoms with van der Waals surface area (Å²) < 4.78 is 26.4. The topological polar surface area (TPSA) is 85.1 Å². The van der Waals surface area contributed by atoms with Crippen molar-refractivity contribution in [3.8, 4) is 0 Å². The van der Waals surface area contributed by atoms with Gasteiger partial charge in [0.25, 0.3) is 11.6 Å². The Morgan fingerprint density at radius 2 is 2.05 bits per heavy atom. The molecule has 0 aliphatic heterocycles. The minimum atomic E-state index is -0.932. The van der Waals surface area contributed by atoms with E-state index >= 15 is 0 Å². The number of carbonyl (C=O) groups excluding carboxylic acids is 1. The first-order valence-electron chi connectivity index (χ1n) is 5.34. The van der Waals surface area contributed by atoms with Gasteiger partial charge in [0.1, 0.15) is 11.5 Å². The molecule has 0 bridgehead atoms. The van der Waals surface area contributed by atoms with Crippen molar-refractivity contribution >= 4 is 17.3 Å². The smallest absolute Gasteiger partial charge is 0.292 e. The van der Waals surface area contributed by atoms with Gasteiger partial charge in [-0.2, -0.15) is 0 Å². The third kappa shape index (κ3) is 2.74. The molecule has 6 nitrogen and oxygen atoms in total. The Kier molecular flexibility index (Phi) is 3.65. The normalized spacial score (nSPS) is 10.1. The molecule has 8 heteroatoms. The number of hydrogen-bond acceptors (Lipinski definition) is 4. The van der Waals surface area contributed by atoms with Gasteiger partial charge in [0, 0.05) is 18.3 Å². The maximum atomic E-state index is 13.3. The second kappa shape index (κ2) is 5.39. The van der Waals surface area contributed by atoms with Crippen LogP contribution in [0.5, 0.6) is 0 Å². The number of rotatable bonds is 3. The van der Waals surface area contributed by atoms with E-state index in [2.05, 4.69) is 10.3 Å². The molecule has 0 unspecified atom stereocenters. The highest BCUT2D eigenvalue weighted by Gasteiger charge is 2.19. The standard InChI is InChI=1S/C12H7F2N3O3/c13-7-1-2-11(17(19)20)10(5-7)16-12(18)8-3-4-15-6-9(8)14/h1-6H,(H,16,18). The zero-order valence-corrected chi connectivity index (χ0v) is 9.84. The van der Waals surface area contributed by atoms with E-state index in [1.165, 1.54) is 6.20 Å². The molecule has 1 amide bonds. The Bertz CT molecular complexity index is 691. The molecule has 1 N–H and O–H groups in total. The third-order valence-electron chi connectivity index (χ3n) is 2.42. The summed E-state index contributed by atoms with van der Waals surface area (Å²) in [5.41, 5.74) is -1.19. The zero-order chi connectivity index (χ0) is 14.7. The van der Waals surface area contributed by atoms with Gasteiger partial charge < -0.3 is 5.32 Å². The number of nitrogens with one attached hydrogen (secondary N) is 1. The maximum Gasteiger partial charge on any atom is 0.292 e. The number of nitrogens with zero attached hydrogens (tertiary/aromatic N) is 2. The number of amides is 1. The largest absolute Gasteiger partial charge is 0.316 e. The Hall–Kier alpha value is -2.90. The van der Waals surface area contributed by atoms with E-state index in [4.69, 9.17) is 0 Å². The summed E-state index contributed by atoms with van der Waals surface area (Å²) in [5.74, 6) is -2.58. The van der Waals surface area contributed by atoms with Crippen molar-refractivity contribution in [3.63, 3.8) is 0 Å². The summed E-state index contributed by atoms with van der Waals surface area (Å²) in [6, 6.07) is 3.69. The lowest BCUT2D eigenvalue weighted by Crippen LogP contribution is -2.15. The van der Waals surface area contributed by atoms with Crippen molar-refractivity contribution in [3.05, 3.63) is 64.0 Å². The Balaban J connectivity index is 2.35. The molecule has 2 aromatic rings. The summed E-state index contributed by atoms with van der Waals surface area (Å²) in [5, 5.41) is 12.9. The highest BCUT2D eigenvalue weighted by molar-refractivity contribution is 6.05. The Labute approximate surface area is 111 Å². The first-order valence-corrected chi connectivity index (χ1v) is 5.34. The van der Waals surface area contributed by atoms with E-state index in [9.17, 15) is 23.7 Å². The number of nitro benzene ring substituents is 1. The summed E-state index contributed by atoms with van der Waals surface area (Å²) in [6.07, 6.45) is 2.02. The molecule has 1 aromatic heterocycles. The first kappa shape index (κ1) is 13.5. The van der Waals surface area contributed by atoms with Crippen LogP contribution in [0.1, 0.15) is 10.4 Å². The molecule has 0 atom stereocenters. The molecule has 0 aliphatic rings. The van der Waals surface area contributed by atoms with E-state index < -0.39 is 28.2 Å². The number of nitro groups is 1. The number of anilines is 1. The molecule has 2 rings (SSSR count). The lowest BCUT2D eigenvalue weighted by atomic mass is 10.2. The number of benzene rings is 1. The van der Waals surface area contributed by atoms with Crippen LogP contribution in [0, 0.1) is 21.7 Å². The van der Waals surface area contributed by atoms with Crippen LogP contribution in [0.25, 0.3) is 0 Å². The second-order valence-corrected chi connectivity index (χ2v) is 3.73. The molecule has 0 aliphatic carbocycles. The lowest BCUT2D eigenvalue weighted by Gasteiger charge is -2.06. The zero-order valence-electron chi connectivity index (χ0n) is 9.84. The molecule has 0 saturated heterocycles. The monoisotopic (exact) mass is 279 g/mol. The highest BCUT2D eigenvalue weighted by atomic mass is 19.1. The first-order chi connectivity index (χ1) is 9.49. The molecular formula is C12H7F2N3O3. The molecule has 1 heterocycles. The molecule has 102 valence electrons. The minimum absolute atomic E-state index is 0.349. The fourth-order valence-electron chi connectivity index (χ4n) is 1.52. The molecule has 0 radical (unpaired) electrons. The van der Waals surface area contributed by atoms with Crippen LogP contribution in [0.3, 0.4) is 0 Å². The molecule has 0 spiro atoms. The van der Waals surface area contributed by atoms with Crippen molar-refractivity contribution in [2.24, 2.45) is 0 Å². The van der Waals surface area contributed by atoms with Gasteiger partial charge in [-0.3, -0.25) is 19.9 Å². The Morgan fingerprint density at radius 3 is 2.70 bits per heavy atom. The van der Waals surface area contributed by atoms with E-state index in [1.807, 2.05) is 0 Å². The van der Waals surface area contributed by atoms with E-state index in [1.54, 1.807) is 0 Å². The van der Waals surface area contributed by atoms with E-state index in [-0.39, 0.29) is 11.3 Å². The van der Waals surface area contributed by atoms with Crippen LogP contribution in [0.2, 0.25) is 0 Å². The van der Waals surface area contributed by atoms with Crippen LogP contribution in [0.4, 0.5) is 20.2 Å². The van der Waals surface area contributed by atoms with Crippen molar-refractivity contribution in [1.82, 2.24) is 4.98 Å². The highest BCUT2D eigenvalue weighted by Crippen LogP contribution is 2.25. The van der Waals surface area contributed by atoms with Gasteiger partial charge in [-0.25, -0.2) is 8.78 Å². The molecule has 0 fully saturated rings. The third-order valence-corrected chi connectivity index (χ3v) is 2.42. The molecule has 20 heavy (non-hydrogen) atoms. The van der Waals surface area contributed by atoms with Gasteiger partial charge >= 0.3 is 0 Å². The Morgan fingerprint density at radius 1 is 1.30 bits per heavy atom. The number of pyridine rings is 1. The fourth-order valence-corrected chi connectivity index (χ4v) is 1.52. The van der Waals surface area contributed by atoms with Crippen LogP contribution >= 0.6 is 0 Å². The predicted molar refractivity (Wildman–Crippen MR) is 65.2 cm³/mol. The number of aromatic nitrogens is 1. The van der Waals surface area contributed by atoms with E-state index in [0.717, 1.165) is 30.5 Å².